The van der Waals surface area contributed by atoms with Crippen molar-refractivity contribution in [2.24, 2.45) is 0 Å². The number of esters is 1. The molecule has 1 aliphatic heterocycles. The highest BCUT2D eigenvalue weighted by atomic mass is 35.5. The molecular weight excluding hydrogens is 340 g/mol. The first-order valence-electron chi connectivity index (χ1n) is 7.63. The zero-order chi connectivity index (χ0) is 16.9. The molecule has 0 radical (unpaired) electrons. The van der Waals surface area contributed by atoms with Crippen LogP contribution in [0.3, 0.4) is 0 Å². The molecule has 0 amide bonds. The lowest BCUT2D eigenvalue weighted by Gasteiger charge is -2.21. The molecule has 0 aromatic heterocycles. The van der Waals surface area contributed by atoms with Gasteiger partial charge in [0, 0.05) is 23.7 Å². The highest BCUT2D eigenvalue weighted by molar-refractivity contribution is 5.97. The van der Waals surface area contributed by atoms with Crippen LogP contribution in [-0.4, -0.2) is 37.0 Å². The number of methoxy groups -OCH3 is 1. The highest BCUT2D eigenvalue weighted by Crippen LogP contribution is 2.20. The smallest absolute Gasteiger partial charge is 0.337 e. The van der Waals surface area contributed by atoms with E-state index in [0.717, 1.165) is 5.69 Å². The summed E-state index contributed by atoms with van der Waals surface area (Å²) in [6, 6.07) is 16.4. The molecule has 0 aliphatic carbocycles. The van der Waals surface area contributed by atoms with Crippen molar-refractivity contribution in [3.05, 3.63) is 78.1 Å². The summed E-state index contributed by atoms with van der Waals surface area (Å²) >= 11 is 0. The van der Waals surface area contributed by atoms with Gasteiger partial charge in [0.05, 0.1) is 25.9 Å². The predicted octanol–water partition coefficient (Wildman–Crippen LogP) is 3.33. The number of Topliss-reactive ketones (excluding diaryl/α,β-unsaturated/α-hetero) is 1. The summed E-state index contributed by atoms with van der Waals surface area (Å²) in [6.07, 6.45) is 3.82. The number of benzene rings is 2. The van der Waals surface area contributed by atoms with Gasteiger partial charge < -0.3 is 14.5 Å². The van der Waals surface area contributed by atoms with Gasteiger partial charge in [-0.15, -0.1) is 12.4 Å². The SMILES string of the molecule is COC(=O)c1ccc(N2C=CN(CC(=O)c3ccccc3)C2)cc1.Cl. The molecule has 0 spiro atoms. The molecule has 2 aromatic rings. The van der Waals surface area contributed by atoms with E-state index >= 15 is 0 Å². The van der Waals surface area contributed by atoms with Gasteiger partial charge in [-0.05, 0) is 24.3 Å². The van der Waals surface area contributed by atoms with Crippen LogP contribution in [0.15, 0.2) is 67.0 Å². The molecule has 130 valence electrons. The Balaban J connectivity index is 0.00000225. The van der Waals surface area contributed by atoms with Gasteiger partial charge >= 0.3 is 5.97 Å². The minimum absolute atomic E-state index is 0. The second kappa shape index (κ2) is 8.35. The fraction of sp³-hybridized carbons (Fsp3) is 0.158. The Morgan fingerprint density at radius 3 is 2.28 bits per heavy atom. The first-order valence-corrected chi connectivity index (χ1v) is 7.63. The maximum absolute atomic E-state index is 12.3. The van der Waals surface area contributed by atoms with E-state index in [-0.39, 0.29) is 24.2 Å². The maximum atomic E-state index is 12.3. The number of nitrogens with zero attached hydrogens (tertiary/aromatic N) is 2. The summed E-state index contributed by atoms with van der Waals surface area (Å²) in [6.45, 7) is 0.924. The summed E-state index contributed by atoms with van der Waals surface area (Å²) in [7, 11) is 1.36. The number of hydrogen-bond donors (Lipinski definition) is 0. The first kappa shape index (κ1) is 18.5. The molecule has 0 N–H and O–H groups in total. The van der Waals surface area contributed by atoms with Gasteiger partial charge in [-0.25, -0.2) is 4.79 Å². The third-order valence-electron chi connectivity index (χ3n) is 3.85. The molecule has 0 bridgehead atoms. The Bertz CT molecular complexity index is 760. The third-order valence-corrected chi connectivity index (χ3v) is 3.85. The molecule has 0 atom stereocenters. The zero-order valence-corrected chi connectivity index (χ0v) is 14.6. The standard InChI is InChI=1S/C19H18N2O3.ClH/c1-24-19(23)16-7-9-17(10-8-16)21-12-11-20(14-21)13-18(22)15-5-3-2-4-6-15;/h2-12H,13-14H2,1H3;1H. The van der Waals surface area contributed by atoms with E-state index in [1.165, 1.54) is 7.11 Å². The quantitative estimate of drug-likeness (QED) is 0.606. The first-order chi connectivity index (χ1) is 11.7. The minimum atomic E-state index is -0.353. The van der Waals surface area contributed by atoms with Crippen LogP contribution in [0.25, 0.3) is 0 Å². The Kier molecular flexibility index (Phi) is 6.19. The van der Waals surface area contributed by atoms with Crippen molar-refractivity contribution in [3.63, 3.8) is 0 Å². The summed E-state index contributed by atoms with van der Waals surface area (Å²) in [4.78, 5) is 27.7. The number of ether oxygens (including phenoxy) is 1. The molecule has 0 saturated carbocycles. The molecule has 0 saturated heterocycles. The van der Waals surface area contributed by atoms with Gasteiger partial charge in [-0.3, -0.25) is 4.79 Å². The average Bonchev–Trinajstić information content (AvgIpc) is 3.10. The molecule has 6 heteroatoms. The fourth-order valence-corrected chi connectivity index (χ4v) is 2.54. The van der Waals surface area contributed by atoms with Crippen LogP contribution in [0.1, 0.15) is 20.7 Å². The van der Waals surface area contributed by atoms with E-state index in [1.807, 2.05) is 64.7 Å². The number of rotatable bonds is 5. The molecule has 3 rings (SSSR count). The predicted molar refractivity (Wildman–Crippen MR) is 99.0 cm³/mol. The second-order valence-electron chi connectivity index (χ2n) is 5.48. The number of hydrogen-bond acceptors (Lipinski definition) is 5. The normalized spacial score (nSPS) is 12.7. The van der Waals surface area contributed by atoms with Gasteiger partial charge in [-0.2, -0.15) is 0 Å². The molecule has 25 heavy (non-hydrogen) atoms. The van der Waals surface area contributed by atoms with E-state index in [4.69, 9.17) is 4.74 Å². The van der Waals surface area contributed by atoms with Crippen molar-refractivity contribution in [1.29, 1.82) is 0 Å². The van der Waals surface area contributed by atoms with Crippen LogP contribution >= 0.6 is 12.4 Å². The topological polar surface area (TPSA) is 49.9 Å². The summed E-state index contributed by atoms with van der Waals surface area (Å²) in [5.74, 6) is -0.267. The van der Waals surface area contributed by atoms with Crippen LogP contribution in [-0.2, 0) is 4.74 Å². The largest absolute Gasteiger partial charge is 0.465 e. The van der Waals surface area contributed by atoms with Gasteiger partial charge in [0.2, 0.25) is 0 Å². The molecule has 1 heterocycles. The van der Waals surface area contributed by atoms with Gasteiger partial charge in [-0.1, -0.05) is 30.3 Å². The summed E-state index contributed by atoms with van der Waals surface area (Å²) < 4.78 is 4.69. The van der Waals surface area contributed by atoms with E-state index in [0.29, 0.717) is 24.3 Å². The van der Waals surface area contributed by atoms with Gasteiger partial charge in [0.1, 0.15) is 0 Å². The zero-order valence-electron chi connectivity index (χ0n) is 13.8. The molecule has 1 aliphatic rings. The van der Waals surface area contributed by atoms with E-state index in [1.54, 1.807) is 12.1 Å². The maximum Gasteiger partial charge on any atom is 0.337 e. The molecule has 2 aromatic carbocycles. The molecule has 5 nitrogen and oxygen atoms in total. The number of carbonyl (C=O) groups is 2. The van der Waals surface area contributed by atoms with Crippen LogP contribution in [0, 0.1) is 0 Å². The third kappa shape index (κ3) is 4.39. The van der Waals surface area contributed by atoms with Crippen LogP contribution in [0.4, 0.5) is 5.69 Å². The number of ketones is 1. The van der Waals surface area contributed by atoms with E-state index < -0.39 is 0 Å². The monoisotopic (exact) mass is 358 g/mol. The lowest BCUT2D eigenvalue weighted by Crippen LogP contribution is -2.29. The van der Waals surface area contributed by atoms with Crippen LogP contribution in [0.5, 0.6) is 0 Å². The van der Waals surface area contributed by atoms with E-state index in [9.17, 15) is 9.59 Å². The number of halogens is 1. The Morgan fingerprint density at radius 2 is 1.64 bits per heavy atom. The lowest BCUT2D eigenvalue weighted by atomic mass is 10.1. The van der Waals surface area contributed by atoms with Crippen molar-refractivity contribution < 1.29 is 14.3 Å². The van der Waals surface area contributed by atoms with Crippen molar-refractivity contribution in [2.45, 2.75) is 0 Å². The van der Waals surface area contributed by atoms with Crippen molar-refractivity contribution in [1.82, 2.24) is 4.90 Å². The van der Waals surface area contributed by atoms with Gasteiger partial charge in [0.15, 0.2) is 5.78 Å². The average molecular weight is 359 g/mol. The lowest BCUT2D eigenvalue weighted by molar-refractivity contribution is 0.0600. The Morgan fingerprint density at radius 1 is 0.960 bits per heavy atom. The summed E-state index contributed by atoms with van der Waals surface area (Å²) in [5.41, 5.74) is 2.18. The van der Waals surface area contributed by atoms with Crippen molar-refractivity contribution in [2.75, 3.05) is 25.2 Å². The molecular formula is C19H19ClN2O3. The van der Waals surface area contributed by atoms with Crippen molar-refractivity contribution >= 4 is 29.8 Å². The van der Waals surface area contributed by atoms with Crippen LogP contribution < -0.4 is 4.90 Å². The van der Waals surface area contributed by atoms with Crippen molar-refractivity contribution in [3.8, 4) is 0 Å². The summed E-state index contributed by atoms with van der Waals surface area (Å²) in [5, 5.41) is 0. The Hall–Kier alpha value is -2.79. The minimum Gasteiger partial charge on any atom is -0.465 e. The number of carbonyl (C=O) groups excluding carboxylic acids is 2. The second-order valence-corrected chi connectivity index (χ2v) is 5.48. The van der Waals surface area contributed by atoms with E-state index in [2.05, 4.69) is 0 Å². The molecule has 0 fully saturated rings. The number of anilines is 1. The Labute approximate surface area is 152 Å². The highest BCUT2D eigenvalue weighted by Gasteiger charge is 2.17. The van der Waals surface area contributed by atoms with Crippen LogP contribution in [0.2, 0.25) is 0 Å². The van der Waals surface area contributed by atoms with Gasteiger partial charge in [0.25, 0.3) is 0 Å². The molecule has 0 unspecified atom stereocenters. The fourth-order valence-electron chi connectivity index (χ4n) is 2.54.